The van der Waals surface area contributed by atoms with Crippen molar-refractivity contribution >= 4 is 15.9 Å². The van der Waals surface area contributed by atoms with E-state index in [2.05, 4.69) is 5.32 Å². The van der Waals surface area contributed by atoms with E-state index in [-0.39, 0.29) is 23.5 Å². The molecule has 8 heteroatoms. The third kappa shape index (κ3) is 4.09. The van der Waals surface area contributed by atoms with Crippen molar-refractivity contribution in [1.82, 2.24) is 9.62 Å². The zero-order chi connectivity index (χ0) is 20.4. The predicted octanol–water partition coefficient (Wildman–Crippen LogP) is 2.10. The number of amides is 1. The van der Waals surface area contributed by atoms with Crippen molar-refractivity contribution in [3.8, 4) is 11.5 Å². The van der Waals surface area contributed by atoms with Crippen LogP contribution in [0.5, 0.6) is 11.5 Å². The van der Waals surface area contributed by atoms with Gasteiger partial charge in [0.1, 0.15) is 18.8 Å². The Morgan fingerprint density at radius 1 is 1.14 bits per heavy atom. The summed E-state index contributed by atoms with van der Waals surface area (Å²) in [5, 5.41) is 2.84. The number of benzene rings is 2. The molecular formula is C21H24N2O5S. The number of para-hydroxylation sites is 2. The van der Waals surface area contributed by atoms with Crippen molar-refractivity contribution in [2.45, 2.75) is 36.8 Å². The van der Waals surface area contributed by atoms with Crippen molar-refractivity contribution in [2.75, 3.05) is 19.7 Å². The number of hydrogen-bond donors (Lipinski definition) is 1. The summed E-state index contributed by atoms with van der Waals surface area (Å²) in [6, 6.07) is 13.4. The molecule has 0 aliphatic carbocycles. The van der Waals surface area contributed by atoms with Gasteiger partial charge in [-0.05, 0) is 44.0 Å². The zero-order valence-corrected chi connectivity index (χ0v) is 17.0. The average Bonchev–Trinajstić information content (AvgIpc) is 3.23. The molecule has 154 valence electrons. The highest BCUT2D eigenvalue weighted by Crippen LogP contribution is 2.31. The lowest BCUT2D eigenvalue weighted by atomic mass is 10.2. The lowest BCUT2D eigenvalue weighted by Crippen LogP contribution is -2.49. The van der Waals surface area contributed by atoms with Crippen molar-refractivity contribution in [3.05, 3.63) is 54.1 Å². The molecule has 29 heavy (non-hydrogen) atoms. The molecule has 1 N–H and O–H groups in total. The van der Waals surface area contributed by atoms with Crippen LogP contribution in [0.2, 0.25) is 0 Å². The van der Waals surface area contributed by atoms with Crippen molar-refractivity contribution in [1.29, 1.82) is 0 Å². The third-order valence-electron chi connectivity index (χ3n) is 5.21. The first-order valence-electron chi connectivity index (χ1n) is 9.70. The van der Waals surface area contributed by atoms with Gasteiger partial charge in [-0.1, -0.05) is 29.8 Å². The summed E-state index contributed by atoms with van der Waals surface area (Å²) in [5.74, 6) is 1.02. The molecule has 2 aromatic carbocycles. The van der Waals surface area contributed by atoms with Crippen LogP contribution in [0.4, 0.5) is 0 Å². The quantitative estimate of drug-likeness (QED) is 0.807. The molecule has 0 spiro atoms. The van der Waals surface area contributed by atoms with E-state index in [9.17, 15) is 13.2 Å². The maximum atomic E-state index is 13.0. The number of rotatable bonds is 5. The van der Waals surface area contributed by atoms with Crippen LogP contribution in [0, 0.1) is 6.92 Å². The number of sulfonamides is 1. The zero-order valence-electron chi connectivity index (χ0n) is 16.2. The van der Waals surface area contributed by atoms with Gasteiger partial charge in [-0.2, -0.15) is 4.31 Å². The summed E-state index contributed by atoms with van der Waals surface area (Å²) >= 11 is 0. The summed E-state index contributed by atoms with van der Waals surface area (Å²) in [7, 11) is -3.72. The number of nitrogens with one attached hydrogen (secondary N) is 1. The maximum Gasteiger partial charge on any atom is 0.243 e. The normalized spacial score (nSPS) is 21.7. The van der Waals surface area contributed by atoms with Crippen LogP contribution >= 0.6 is 0 Å². The Morgan fingerprint density at radius 2 is 1.86 bits per heavy atom. The van der Waals surface area contributed by atoms with Crippen molar-refractivity contribution in [3.63, 3.8) is 0 Å². The highest BCUT2D eigenvalue weighted by atomic mass is 32.2. The molecule has 0 saturated carbocycles. The van der Waals surface area contributed by atoms with Gasteiger partial charge in [0, 0.05) is 6.54 Å². The lowest BCUT2D eigenvalue weighted by Gasteiger charge is -2.28. The van der Waals surface area contributed by atoms with Crippen molar-refractivity contribution in [2.24, 2.45) is 0 Å². The number of aryl methyl sites for hydroxylation is 1. The molecule has 0 bridgehead atoms. The molecule has 2 heterocycles. The minimum Gasteiger partial charge on any atom is -0.486 e. The molecule has 7 nitrogen and oxygen atoms in total. The summed E-state index contributed by atoms with van der Waals surface area (Å²) in [6.07, 6.45) is 0.832. The topological polar surface area (TPSA) is 84.9 Å². The number of ether oxygens (including phenoxy) is 2. The second-order valence-electron chi connectivity index (χ2n) is 7.33. The van der Waals surface area contributed by atoms with Crippen molar-refractivity contribution < 1.29 is 22.7 Å². The Bertz CT molecular complexity index is 990. The van der Waals surface area contributed by atoms with Crippen LogP contribution < -0.4 is 14.8 Å². The van der Waals surface area contributed by atoms with E-state index in [0.717, 1.165) is 5.56 Å². The van der Waals surface area contributed by atoms with Crippen LogP contribution in [0.3, 0.4) is 0 Å². The Hall–Kier alpha value is -2.58. The van der Waals surface area contributed by atoms with Crippen LogP contribution in [-0.2, 0) is 14.8 Å². The Kier molecular flexibility index (Phi) is 5.47. The number of fused-ring (bicyclic) bond motifs is 1. The first kappa shape index (κ1) is 19.7. The fourth-order valence-electron chi connectivity index (χ4n) is 3.63. The van der Waals surface area contributed by atoms with Gasteiger partial charge in [0.25, 0.3) is 0 Å². The van der Waals surface area contributed by atoms with Gasteiger partial charge in [-0.15, -0.1) is 0 Å². The van der Waals surface area contributed by atoms with E-state index in [0.29, 0.717) is 37.5 Å². The van der Waals surface area contributed by atoms with Gasteiger partial charge in [-0.25, -0.2) is 8.42 Å². The van der Waals surface area contributed by atoms with E-state index in [1.54, 1.807) is 24.3 Å². The molecule has 1 fully saturated rings. The van der Waals surface area contributed by atoms with Gasteiger partial charge in [0.2, 0.25) is 15.9 Å². The van der Waals surface area contributed by atoms with Gasteiger partial charge in [0.15, 0.2) is 11.5 Å². The molecule has 0 radical (unpaired) electrons. The Labute approximate surface area is 170 Å². The molecule has 4 rings (SSSR count). The molecule has 2 atom stereocenters. The molecule has 0 unspecified atom stereocenters. The number of carbonyl (C=O) groups is 1. The minimum atomic E-state index is -3.72. The summed E-state index contributed by atoms with van der Waals surface area (Å²) in [5.41, 5.74) is 0.982. The van der Waals surface area contributed by atoms with E-state index in [1.165, 1.54) is 4.31 Å². The van der Waals surface area contributed by atoms with Gasteiger partial charge < -0.3 is 14.8 Å². The molecule has 0 aromatic heterocycles. The first-order chi connectivity index (χ1) is 13.9. The summed E-state index contributed by atoms with van der Waals surface area (Å²) < 4.78 is 38.8. The third-order valence-corrected chi connectivity index (χ3v) is 7.13. The maximum absolute atomic E-state index is 13.0. The van der Waals surface area contributed by atoms with Gasteiger partial charge >= 0.3 is 0 Å². The predicted molar refractivity (Wildman–Crippen MR) is 107 cm³/mol. The van der Waals surface area contributed by atoms with Crippen LogP contribution in [0.15, 0.2) is 53.4 Å². The SMILES string of the molecule is Cc1ccc(S(=O)(=O)N2CCC[C@H]2C(=O)NC[C@H]2COc3ccccc3O2)cc1. The largest absolute Gasteiger partial charge is 0.486 e. The molecule has 2 aliphatic rings. The molecule has 2 aliphatic heterocycles. The standard InChI is InChI=1S/C21H24N2O5S/c1-15-8-10-17(11-9-15)29(25,26)23-12-4-5-18(23)21(24)22-13-16-14-27-19-6-2-3-7-20(19)28-16/h2-3,6-11,16,18H,4-5,12-14H2,1H3,(H,22,24)/t16-,18-/m0/s1. The van der Waals surface area contributed by atoms with Crippen LogP contribution in [0.25, 0.3) is 0 Å². The number of carbonyl (C=O) groups excluding carboxylic acids is 1. The van der Waals surface area contributed by atoms with Gasteiger partial charge in [0.05, 0.1) is 11.4 Å². The van der Waals surface area contributed by atoms with Gasteiger partial charge in [-0.3, -0.25) is 4.79 Å². The van der Waals surface area contributed by atoms with Crippen LogP contribution in [-0.4, -0.2) is 50.5 Å². The molecule has 1 amide bonds. The highest BCUT2D eigenvalue weighted by molar-refractivity contribution is 7.89. The Balaban J connectivity index is 1.40. The highest BCUT2D eigenvalue weighted by Gasteiger charge is 2.39. The second-order valence-corrected chi connectivity index (χ2v) is 9.22. The summed E-state index contributed by atoms with van der Waals surface area (Å²) in [6.45, 7) is 2.82. The Morgan fingerprint density at radius 3 is 2.62 bits per heavy atom. The summed E-state index contributed by atoms with van der Waals surface area (Å²) in [4.78, 5) is 13.0. The number of nitrogens with zero attached hydrogens (tertiary/aromatic N) is 1. The molecular weight excluding hydrogens is 392 g/mol. The van der Waals surface area contributed by atoms with E-state index >= 15 is 0 Å². The molecule has 2 aromatic rings. The minimum absolute atomic E-state index is 0.212. The number of hydrogen-bond acceptors (Lipinski definition) is 5. The van der Waals surface area contributed by atoms with E-state index in [4.69, 9.17) is 9.47 Å². The van der Waals surface area contributed by atoms with E-state index < -0.39 is 16.1 Å². The first-order valence-corrected chi connectivity index (χ1v) is 11.1. The average molecular weight is 416 g/mol. The molecule has 1 saturated heterocycles. The van der Waals surface area contributed by atoms with Crippen LogP contribution in [0.1, 0.15) is 18.4 Å². The van der Waals surface area contributed by atoms with E-state index in [1.807, 2.05) is 31.2 Å². The second kappa shape index (κ2) is 8.04. The fourth-order valence-corrected chi connectivity index (χ4v) is 5.29. The smallest absolute Gasteiger partial charge is 0.243 e. The monoisotopic (exact) mass is 416 g/mol. The fraction of sp³-hybridized carbons (Fsp3) is 0.381. The lowest BCUT2D eigenvalue weighted by molar-refractivity contribution is -0.124.